The van der Waals surface area contributed by atoms with Gasteiger partial charge in [-0.15, -0.1) is 0 Å². The number of rotatable bonds is 5. The van der Waals surface area contributed by atoms with Crippen molar-refractivity contribution in [2.45, 2.75) is 18.9 Å². The lowest BCUT2D eigenvalue weighted by Crippen LogP contribution is -2.51. The number of halogens is 1. The van der Waals surface area contributed by atoms with Crippen LogP contribution in [0.15, 0.2) is 23.0 Å². The van der Waals surface area contributed by atoms with Crippen LogP contribution >= 0.6 is 11.6 Å². The third-order valence-corrected chi connectivity index (χ3v) is 7.30. The van der Waals surface area contributed by atoms with E-state index in [2.05, 4.69) is 10.2 Å². The number of carbonyl (C=O) groups excluding carboxylic acids is 1. The number of hydrogen-bond acceptors (Lipinski definition) is 7. The summed E-state index contributed by atoms with van der Waals surface area (Å²) < 4.78 is 22.3. The average Bonchev–Trinajstić information content (AvgIpc) is 3.13. The minimum absolute atomic E-state index is 0.163. The number of piperazine rings is 1. The maximum absolute atomic E-state index is 13.2. The van der Waals surface area contributed by atoms with Crippen LogP contribution in [0, 0.1) is 0 Å². The van der Waals surface area contributed by atoms with Gasteiger partial charge in [0.2, 0.25) is 11.2 Å². The highest BCUT2D eigenvalue weighted by atomic mass is 35.5. The van der Waals surface area contributed by atoms with Crippen LogP contribution in [-0.4, -0.2) is 77.5 Å². The Balaban J connectivity index is 1.90. The molecule has 10 heteroatoms. The molecule has 4 rings (SSSR count). The van der Waals surface area contributed by atoms with Crippen molar-refractivity contribution >= 4 is 17.6 Å². The van der Waals surface area contributed by atoms with Gasteiger partial charge in [-0.3, -0.25) is 4.79 Å². The summed E-state index contributed by atoms with van der Waals surface area (Å²) in [6.07, 6.45) is 1.03. The predicted octanol–water partition coefficient (Wildman–Crippen LogP) is 3.35. The van der Waals surface area contributed by atoms with E-state index in [4.69, 9.17) is 30.5 Å². The van der Waals surface area contributed by atoms with Crippen molar-refractivity contribution in [2.24, 2.45) is 0 Å². The van der Waals surface area contributed by atoms with Crippen LogP contribution in [0.5, 0.6) is 23.0 Å². The normalized spacial score (nSPS) is 17.4. The standard InChI is InChI=1S/C26H32ClN3O6/c1-29-10-12-30(13-11-29)26(32)28-18-8-6-16-21(15-7-9-20(33-2)19(31)14-17(15)18)23(34-3)25(36-5)24(35-4)22(16)27/h7,9,14,18H,6,8,10-13H2,1-5H3,(H,28,32)/t18-/m0/s1. The maximum atomic E-state index is 13.2. The quantitative estimate of drug-likeness (QED) is 0.650. The molecule has 0 spiro atoms. The lowest BCUT2D eigenvalue weighted by atomic mass is 9.95. The number of nitrogens with zero attached hydrogens (tertiary/aromatic N) is 2. The van der Waals surface area contributed by atoms with Crippen molar-refractivity contribution in [2.75, 3.05) is 61.7 Å². The molecule has 0 saturated carbocycles. The zero-order chi connectivity index (χ0) is 26.0. The number of hydrogen-bond donors (Lipinski definition) is 1. The second-order valence-electron chi connectivity index (χ2n) is 8.88. The molecule has 2 aromatic rings. The first-order valence-corrected chi connectivity index (χ1v) is 12.2. The van der Waals surface area contributed by atoms with Gasteiger partial charge in [0.05, 0.1) is 39.5 Å². The maximum Gasteiger partial charge on any atom is 0.317 e. The van der Waals surface area contributed by atoms with E-state index in [1.165, 1.54) is 27.4 Å². The minimum Gasteiger partial charge on any atom is -0.493 e. The molecule has 2 aromatic carbocycles. The van der Waals surface area contributed by atoms with E-state index in [1.54, 1.807) is 24.1 Å². The number of carbonyl (C=O) groups is 1. The number of ether oxygens (including phenoxy) is 4. The molecule has 2 amide bonds. The summed E-state index contributed by atoms with van der Waals surface area (Å²) in [5.74, 6) is 1.37. The third kappa shape index (κ3) is 4.65. The van der Waals surface area contributed by atoms with Gasteiger partial charge < -0.3 is 34.1 Å². The molecule has 36 heavy (non-hydrogen) atoms. The Morgan fingerprint density at radius 1 is 0.972 bits per heavy atom. The van der Waals surface area contributed by atoms with Crippen LogP contribution < -0.4 is 29.7 Å². The molecule has 1 atom stereocenters. The lowest BCUT2D eigenvalue weighted by molar-refractivity contribution is 0.151. The van der Waals surface area contributed by atoms with Gasteiger partial charge in [0.15, 0.2) is 17.2 Å². The average molecular weight is 518 g/mol. The van der Waals surface area contributed by atoms with Gasteiger partial charge in [-0.2, -0.15) is 0 Å². The van der Waals surface area contributed by atoms with Crippen molar-refractivity contribution in [3.63, 3.8) is 0 Å². The Hall–Kier alpha value is -3.17. The van der Waals surface area contributed by atoms with Crippen LogP contribution in [0.3, 0.4) is 0 Å². The number of urea groups is 1. The molecular formula is C26H32ClN3O6. The molecule has 0 aromatic heterocycles. The van der Waals surface area contributed by atoms with E-state index in [1.807, 2.05) is 7.05 Å². The molecule has 194 valence electrons. The highest BCUT2D eigenvalue weighted by molar-refractivity contribution is 6.34. The second-order valence-corrected chi connectivity index (χ2v) is 9.26. The molecule has 1 N–H and O–H groups in total. The zero-order valence-electron chi connectivity index (χ0n) is 21.3. The van der Waals surface area contributed by atoms with Crippen LogP contribution in [0.2, 0.25) is 5.02 Å². The van der Waals surface area contributed by atoms with Gasteiger partial charge in [-0.1, -0.05) is 17.7 Å². The van der Waals surface area contributed by atoms with Crippen molar-refractivity contribution in [3.05, 3.63) is 44.6 Å². The van der Waals surface area contributed by atoms with E-state index in [0.29, 0.717) is 64.9 Å². The fraction of sp³-hybridized carbons (Fsp3) is 0.462. The number of benzene rings is 1. The van der Waals surface area contributed by atoms with E-state index >= 15 is 0 Å². The SMILES string of the molecule is COc1c(Cl)c2c(c(OC)c1OC)-c1ccc(OC)c(=O)cc1[C@@H](NC(=O)N1CCN(C)CC1)CC2. The van der Waals surface area contributed by atoms with Crippen LogP contribution in [0.4, 0.5) is 4.79 Å². The summed E-state index contributed by atoms with van der Waals surface area (Å²) >= 11 is 6.84. The van der Waals surface area contributed by atoms with E-state index in [9.17, 15) is 9.59 Å². The Bertz CT molecular complexity index is 1210. The van der Waals surface area contributed by atoms with Crippen molar-refractivity contribution < 1.29 is 23.7 Å². The summed E-state index contributed by atoms with van der Waals surface area (Å²) in [7, 11) is 8.08. The topological polar surface area (TPSA) is 89.6 Å². The molecule has 1 fully saturated rings. The Labute approximate surface area is 215 Å². The highest BCUT2D eigenvalue weighted by Crippen LogP contribution is 2.54. The first kappa shape index (κ1) is 25.9. The molecule has 0 radical (unpaired) electrons. The van der Waals surface area contributed by atoms with Crippen molar-refractivity contribution in [1.29, 1.82) is 0 Å². The van der Waals surface area contributed by atoms with Crippen LogP contribution in [-0.2, 0) is 6.42 Å². The summed E-state index contributed by atoms with van der Waals surface area (Å²) in [6.45, 7) is 2.89. The molecule has 1 aliphatic carbocycles. The highest BCUT2D eigenvalue weighted by Gasteiger charge is 2.33. The monoisotopic (exact) mass is 517 g/mol. The number of likely N-dealkylation sites (N-methyl/N-ethyl adjacent to an activating group) is 1. The Kier molecular flexibility index (Phi) is 7.80. The molecule has 2 aliphatic rings. The summed E-state index contributed by atoms with van der Waals surface area (Å²) in [4.78, 5) is 30.2. The second kappa shape index (κ2) is 10.8. The first-order chi connectivity index (χ1) is 17.3. The van der Waals surface area contributed by atoms with Crippen LogP contribution in [0.25, 0.3) is 11.1 Å². The predicted molar refractivity (Wildman–Crippen MR) is 138 cm³/mol. The van der Waals surface area contributed by atoms with Gasteiger partial charge in [0.25, 0.3) is 0 Å². The van der Waals surface area contributed by atoms with Gasteiger partial charge in [-0.05, 0) is 48.7 Å². The summed E-state index contributed by atoms with van der Waals surface area (Å²) in [5.41, 5.74) is 2.56. The van der Waals surface area contributed by atoms with Gasteiger partial charge in [-0.25, -0.2) is 4.79 Å². The third-order valence-electron chi connectivity index (χ3n) is 6.90. The smallest absolute Gasteiger partial charge is 0.317 e. The van der Waals surface area contributed by atoms with Gasteiger partial charge >= 0.3 is 6.03 Å². The van der Waals surface area contributed by atoms with E-state index < -0.39 is 6.04 Å². The number of methoxy groups -OCH3 is 4. The number of fused-ring (bicyclic) bond motifs is 3. The largest absolute Gasteiger partial charge is 0.493 e. The van der Waals surface area contributed by atoms with Gasteiger partial charge in [0.1, 0.15) is 0 Å². The Morgan fingerprint density at radius 2 is 1.64 bits per heavy atom. The van der Waals surface area contributed by atoms with E-state index in [-0.39, 0.29) is 17.2 Å². The Morgan fingerprint density at radius 3 is 2.25 bits per heavy atom. The van der Waals surface area contributed by atoms with Crippen molar-refractivity contribution in [3.8, 4) is 34.1 Å². The van der Waals surface area contributed by atoms with Crippen molar-refractivity contribution in [1.82, 2.24) is 15.1 Å². The van der Waals surface area contributed by atoms with Gasteiger partial charge in [0, 0.05) is 31.7 Å². The van der Waals surface area contributed by atoms with Crippen LogP contribution in [0.1, 0.15) is 23.6 Å². The summed E-state index contributed by atoms with van der Waals surface area (Å²) in [5, 5.41) is 3.58. The lowest BCUT2D eigenvalue weighted by Gasteiger charge is -2.33. The molecule has 9 nitrogen and oxygen atoms in total. The van der Waals surface area contributed by atoms with E-state index in [0.717, 1.165) is 18.7 Å². The zero-order valence-corrected chi connectivity index (χ0v) is 22.0. The molecule has 1 aliphatic heterocycles. The molecular weight excluding hydrogens is 486 g/mol. The fourth-order valence-corrected chi connectivity index (χ4v) is 5.29. The molecule has 1 saturated heterocycles. The minimum atomic E-state index is -0.442. The molecule has 0 bridgehead atoms. The summed E-state index contributed by atoms with van der Waals surface area (Å²) in [6, 6.07) is 4.35. The fourth-order valence-electron chi connectivity index (χ4n) is 4.94. The molecule has 0 unspecified atom stereocenters. The number of nitrogens with one attached hydrogen (secondary N) is 1. The number of amides is 2. The first-order valence-electron chi connectivity index (χ1n) is 11.8. The molecule has 1 heterocycles.